The van der Waals surface area contributed by atoms with E-state index in [0.29, 0.717) is 11.3 Å². The predicted octanol–water partition coefficient (Wildman–Crippen LogP) is 2.37. The zero-order valence-electron chi connectivity index (χ0n) is 10.9. The van der Waals surface area contributed by atoms with Gasteiger partial charge in [0.1, 0.15) is 11.6 Å². The standard InChI is InChI=1S/C16H10N4O/c17-8-14-13(11-3-1-5-18-9-11)7-15(20-16(14)21)12-4-2-6-19-10-12/h1-7,9-10H,(H,20,21). The van der Waals surface area contributed by atoms with Crippen molar-refractivity contribution in [3.05, 3.63) is 71.0 Å². The summed E-state index contributed by atoms with van der Waals surface area (Å²) in [5.41, 5.74) is 2.35. The van der Waals surface area contributed by atoms with E-state index in [2.05, 4.69) is 15.0 Å². The molecule has 0 amide bonds. The number of nitrogens with one attached hydrogen (secondary N) is 1. The molecule has 1 N–H and O–H groups in total. The van der Waals surface area contributed by atoms with Gasteiger partial charge in [-0.3, -0.25) is 14.8 Å². The highest BCUT2D eigenvalue weighted by Crippen LogP contribution is 2.24. The van der Waals surface area contributed by atoms with E-state index in [1.54, 1.807) is 43.0 Å². The molecule has 0 atom stereocenters. The molecule has 0 saturated heterocycles. The van der Waals surface area contributed by atoms with Crippen molar-refractivity contribution in [1.82, 2.24) is 15.0 Å². The van der Waals surface area contributed by atoms with Crippen LogP contribution in [0.2, 0.25) is 0 Å². The summed E-state index contributed by atoms with van der Waals surface area (Å²) < 4.78 is 0. The van der Waals surface area contributed by atoms with Gasteiger partial charge in [0.15, 0.2) is 0 Å². The van der Waals surface area contributed by atoms with Crippen LogP contribution in [-0.4, -0.2) is 15.0 Å². The third-order valence-electron chi connectivity index (χ3n) is 3.09. The molecule has 3 rings (SSSR count). The third-order valence-corrected chi connectivity index (χ3v) is 3.09. The molecule has 100 valence electrons. The van der Waals surface area contributed by atoms with E-state index in [9.17, 15) is 10.1 Å². The van der Waals surface area contributed by atoms with Crippen molar-refractivity contribution >= 4 is 0 Å². The number of pyridine rings is 3. The molecule has 5 heteroatoms. The Morgan fingerprint density at radius 2 is 1.71 bits per heavy atom. The van der Waals surface area contributed by atoms with Crippen molar-refractivity contribution in [3.63, 3.8) is 0 Å². The smallest absolute Gasteiger partial charge is 0.266 e. The summed E-state index contributed by atoms with van der Waals surface area (Å²) in [6.45, 7) is 0. The SMILES string of the molecule is N#Cc1c(-c2cccnc2)cc(-c2cccnc2)[nH]c1=O. The lowest BCUT2D eigenvalue weighted by atomic mass is 10.0. The van der Waals surface area contributed by atoms with Crippen LogP contribution in [0.15, 0.2) is 59.9 Å². The molecule has 3 aromatic heterocycles. The van der Waals surface area contributed by atoms with Crippen molar-refractivity contribution in [3.8, 4) is 28.5 Å². The van der Waals surface area contributed by atoms with E-state index in [1.165, 1.54) is 0 Å². The van der Waals surface area contributed by atoms with Gasteiger partial charge < -0.3 is 4.98 Å². The molecule has 0 bridgehead atoms. The topological polar surface area (TPSA) is 82.4 Å². The van der Waals surface area contributed by atoms with Crippen LogP contribution in [0.1, 0.15) is 5.56 Å². The van der Waals surface area contributed by atoms with Gasteiger partial charge in [0.05, 0.1) is 5.69 Å². The zero-order valence-corrected chi connectivity index (χ0v) is 10.9. The van der Waals surface area contributed by atoms with Crippen molar-refractivity contribution in [2.75, 3.05) is 0 Å². The lowest BCUT2D eigenvalue weighted by Crippen LogP contribution is -2.12. The molecule has 21 heavy (non-hydrogen) atoms. The van der Waals surface area contributed by atoms with Gasteiger partial charge in [-0.05, 0) is 24.3 Å². The van der Waals surface area contributed by atoms with E-state index in [-0.39, 0.29) is 5.56 Å². The van der Waals surface area contributed by atoms with Crippen LogP contribution in [0.25, 0.3) is 22.4 Å². The van der Waals surface area contributed by atoms with Crippen LogP contribution in [0.4, 0.5) is 0 Å². The minimum Gasteiger partial charge on any atom is -0.321 e. The van der Waals surface area contributed by atoms with Gasteiger partial charge in [-0.1, -0.05) is 6.07 Å². The molecule has 0 saturated carbocycles. The van der Waals surface area contributed by atoms with Crippen LogP contribution < -0.4 is 5.56 Å². The maximum atomic E-state index is 12.1. The normalized spacial score (nSPS) is 10.0. The molecule has 0 aromatic carbocycles. The summed E-state index contributed by atoms with van der Waals surface area (Å²) in [6.07, 6.45) is 6.59. The summed E-state index contributed by atoms with van der Waals surface area (Å²) in [6, 6.07) is 10.9. The van der Waals surface area contributed by atoms with Gasteiger partial charge in [0.2, 0.25) is 0 Å². The summed E-state index contributed by atoms with van der Waals surface area (Å²) in [4.78, 5) is 22.9. The van der Waals surface area contributed by atoms with Crippen molar-refractivity contribution in [2.24, 2.45) is 0 Å². The van der Waals surface area contributed by atoms with Gasteiger partial charge in [-0.2, -0.15) is 5.26 Å². The lowest BCUT2D eigenvalue weighted by Gasteiger charge is -2.07. The number of nitrogens with zero attached hydrogens (tertiary/aromatic N) is 3. The Morgan fingerprint density at radius 3 is 2.29 bits per heavy atom. The molecular weight excluding hydrogens is 264 g/mol. The molecule has 0 fully saturated rings. The number of aromatic nitrogens is 3. The Kier molecular flexibility index (Phi) is 3.27. The first-order chi connectivity index (χ1) is 10.3. The molecule has 0 unspecified atom stereocenters. The molecule has 0 aliphatic carbocycles. The Labute approximate surface area is 120 Å². The van der Waals surface area contributed by atoms with Crippen molar-refractivity contribution < 1.29 is 0 Å². The van der Waals surface area contributed by atoms with Crippen LogP contribution in [-0.2, 0) is 0 Å². The second-order valence-electron chi connectivity index (χ2n) is 4.40. The number of rotatable bonds is 2. The molecule has 3 heterocycles. The Hall–Kier alpha value is -3.26. The zero-order chi connectivity index (χ0) is 14.7. The minimum atomic E-state index is -0.419. The molecule has 5 nitrogen and oxygen atoms in total. The fourth-order valence-electron chi connectivity index (χ4n) is 2.10. The van der Waals surface area contributed by atoms with E-state index >= 15 is 0 Å². The van der Waals surface area contributed by atoms with E-state index in [4.69, 9.17) is 0 Å². The van der Waals surface area contributed by atoms with Crippen molar-refractivity contribution in [1.29, 1.82) is 5.26 Å². The predicted molar refractivity (Wildman–Crippen MR) is 78.2 cm³/mol. The maximum Gasteiger partial charge on any atom is 0.266 e. The molecule has 3 aromatic rings. The highest BCUT2D eigenvalue weighted by Gasteiger charge is 2.12. The summed E-state index contributed by atoms with van der Waals surface area (Å²) in [5.74, 6) is 0. The largest absolute Gasteiger partial charge is 0.321 e. The van der Waals surface area contributed by atoms with Gasteiger partial charge in [0.25, 0.3) is 5.56 Å². The number of hydrogen-bond acceptors (Lipinski definition) is 4. The number of nitriles is 1. The van der Waals surface area contributed by atoms with Gasteiger partial charge in [0, 0.05) is 41.5 Å². The number of aromatic amines is 1. The molecular formula is C16H10N4O. The second kappa shape index (κ2) is 5.39. The van der Waals surface area contributed by atoms with Crippen LogP contribution >= 0.6 is 0 Å². The number of hydrogen-bond donors (Lipinski definition) is 1. The number of H-pyrrole nitrogens is 1. The lowest BCUT2D eigenvalue weighted by molar-refractivity contribution is 1.20. The van der Waals surface area contributed by atoms with Crippen molar-refractivity contribution in [2.45, 2.75) is 0 Å². The Balaban J connectivity index is 2.27. The molecule has 0 aliphatic rings. The Bertz CT molecular complexity index is 864. The van der Waals surface area contributed by atoms with Gasteiger partial charge in [-0.25, -0.2) is 0 Å². The molecule has 0 spiro atoms. The van der Waals surface area contributed by atoms with E-state index in [0.717, 1.165) is 11.1 Å². The Morgan fingerprint density at radius 1 is 1.05 bits per heavy atom. The average molecular weight is 274 g/mol. The summed E-state index contributed by atoms with van der Waals surface area (Å²) in [5, 5.41) is 9.22. The second-order valence-corrected chi connectivity index (χ2v) is 4.40. The van der Waals surface area contributed by atoms with Gasteiger partial charge >= 0.3 is 0 Å². The van der Waals surface area contributed by atoms with E-state index < -0.39 is 5.56 Å². The maximum absolute atomic E-state index is 12.1. The first-order valence-corrected chi connectivity index (χ1v) is 6.28. The van der Waals surface area contributed by atoms with Gasteiger partial charge in [-0.15, -0.1) is 0 Å². The summed E-state index contributed by atoms with van der Waals surface area (Å²) in [7, 11) is 0. The van der Waals surface area contributed by atoms with Crippen LogP contribution in [0.5, 0.6) is 0 Å². The molecule has 0 aliphatic heterocycles. The summed E-state index contributed by atoms with van der Waals surface area (Å²) >= 11 is 0. The minimum absolute atomic E-state index is 0.0793. The monoisotopic (exact) mass is 274 g/mol. The highest BCUT2D eigenvalue weighted by molar-refractivity contribution is 5.74. The third kappa shape index (κ3) is 2.42. The quantitative estimate of drug-likeness (QED) is 0.777. The van der Waals surface area contributed by atoms with Crippen LogP contribution in [0, 0.1) is 11.3 Å². The first kappa shape index (κ1) is 12.8. The van der Waals surface area contributed by atoms with E-state index in [1.807, 2.05) is 18.2 Å². The fourth-order valence-corrected chi connectivity index (χ4v) is 2.10. The highest BCUT2D eigenvalue weighted by atomic mass is 16.1. The van der Waals surface area contributed by atoms with Crippen LogP contribution in [0.3, 0.4) is 0 Å². The average Bonchev–Trinajstić information content (AvgIpc) is 2.55. The molecule has 0 radical (unpaired) electrons. The fraction of sp³-hybridized carbons (Fsp3) is 0. The first-order valence-electron chi connectivity index (χ1n) is 6.28.